The molecule has 0 radical (unpaired) electrons. The van der Waals surface area contributed by atoms with E-state index in [0.29, 0.717) is 0 Å². The average molecular weight is 193 g/mol. The van der Waals surface area contributed by atoms with Crippen LogP contribution in [-0.2, 0) is 0 Å². The van der Waals surface area contributed by atoms with Crippen LogP contribution in [0.2, 0.25) is 0 Å². The molecule has 0 spiro atoms. The van der Waals surface area contributed by atoms with Gasteiger partial charge in [-0.25, -0.2) is 0 Å². The van der Waals surface area contributed by atoms with Gasteiger partial charge in [-0.05, 0) is 31.2 Å². The summed E-state index contributed by atoms with van der Waals surface area (Å²) in [6, 6.07) is 8.69. The first-order chi connectivity index (χ1) is 6.42. The summed E-state index contributed by atoms with van der Waals surface area (Å²) in [7, 11) is 0. The van der Waals surface area contributed by atoms with Crippen LogP contribution in [0.15, 0.2) is 29.2 Å². The Morgan fingerprint density at radius 3 is 2.54 bits per heavy atom. The molecule has 2 heteroatoms. The number of para-hydroxylation sites is 1. The number of benzene rings is 1. The highest BCUT2D eigenvalue weighted by Gasteiger charge is 2.14. The van der Waals surface area contributed by atoms with Crippen LogP contribution in [0.3, 0.4) is 0 Å². The second-order valence-electron chi connectivity index (χ2n) is 3.37. The largest absolute Gasteiger partial charge is 0.371 e. The molecule has 0 aromatic heterocycles. The second kappa shape index (κ2) is 4.05. The Balaban J connectivity index is 2.26. The van der Waals surface area contributed by atoms with E-state index in [1.165, 1.54) is 36.5 Å². The lowest BCUT2D eigenvalue weighted by molar-refractivity contribution is 0.949. The van der Waals surface area contributed by atoms with Crippen LogP contribution < -0.4 is 4.90 Å². The van der Waals surface area contributed by atoms with Gasteiger partial charge in [0.1, 0.15) is 0 Å². The molecule has 1 aliphatic rings. The van der Waals surface area contributed by atoms with E-state index >= 15 is 0 Å². The Morgan fingerprint density at radius 1 is 1.15 bits per heavy atom. The maximum absolute atomic E-state index is 2.49. The standard InChI is InChI=1S/C11H15NS/c1-13-11-7-3-2-6-10(11)12-8-4-5-9-12/h2-3,6-7H,4-5,8-9H2,1H3. The third kappa shape index (κ3) is 1.83. The van der Waals surface area contributed by atoms with Crippen LogP contribution in [0, 0.1) is 0 Å². The topological polar surface area (TPSA) is 3.24 Å². The molecule has 70 valence electrons. The molecular formula is C11H15NS. The van der Waals surface area contributed by atoms with Gasteiger partial charge in [0.15, 0.2) is 0 Å². The minimum Gasteiger partial charge on any atom is -0.371 e. The SMILES string of the molecule is CSc1ccccc1N1CCCC1. The molecule has 1 nitrogen and oxygen atoms in total. The predicted molar refractivity (Wildman–Crippen MR) is 59.7 cm³/mol. The summed E-state index contributed by atoms with van der Waals surface area (Å²) in [5.41, 5.74) is 1.42. The number of hydrogen-bond acceptors (Lipinski definition) is 2. The van der Waals surface area contributed by atoms with E-state index in [1.54, 1.807) is 0 Å². The fourth-order valence-corrected chi connectivity index (χ4v) is 2.47. The number of rotatable bonds is 2. The molecule has 0 atom stereocenters. The molecule has 1 saturated heterocycles. The first-order valence-corrected chi connectivity index (χ1v) is 6.02. The van der Waals surface area contributed by atoms with Crippen LogP contribution in [-0.4, -0.2) is 19.3 Å². The van der Waals surface area contributed by atoms with E-state index < -0.39 is 0 Å². The first-order valence-electron chi connectivity index (χ1n) is 4.80. The minimum atomic E-state index is 1.23. The van der Waals surface area contributed by atoms with Gasteiger partial charge >= 0.3 is 0 Å². The van der Waals surface area contributed by atoms with Crippen molar-refractivity contribution in [1.29, 1.82) is 0 Å². The summed E-state index contributed by atoms with van der Waals surface area (Å²) in [6.45, 7) is 2.47. The molecule has 1 aromatic rings. The lowest BCUT2D eigenvalue weighted by Crippen LogP contribution is -2.18. The van der Waals surface area contributed by atoms with Crippen LogP contribution in [0.4, 0.5) is 5.69 Å². The maximum Gasteiger partial charge on any atom is 0.0504 e. The molecule has 0 N–H and O–H groups in total. The summed E-state index contributed by atoms with van der Waals surface area (Å²) in [6.07, 6.45) is 4.85. The van der Waals surface area contributed by atoms with E-state index in [2.05, 4.69) is 35.4 Å². The van der Waals surface area contributed by atoms with Crippen molar-refractivity contribution in [3.05, 3.63) is 24.3 Å². The summed E-state index contributed by atoms with van der Waals surface area (Å²) in [5.74, 6) is 0. The van der Waals surface area contributed by atoms with E-state index in [1.807, 2.05) is 11.8 Å². The monoisotopic (exact) mass is 193 g/mol. The van der Waals surface area contributed by atoms with Gasteiger partial charge in [0, 0.05) is 18.0 Å². The quantitative estimate of drug-likeness (QED) is 0.664. The average Bonchev–Trinajstić information content (AvgIpc) is 2.70. The molecule has 0 aliphatic carbocycles. The summed E-state index contributed by atoms with van der Waals surface area (Å²) >= 11 is 1.84. The van der Waals surface area contributed by atoms with Gasteiger partial charge in [-0.1, -0.05) is 12.1 Å². The zero-order valence-electron chi connectivity index (χ0n) is 7.99. The molecule has 1 aliphatic heterocycles. The van der Waals surface area contributed by atoms with Crippen molar-refractivity contribution >= 4 is 17.4 Å². The van der Waals surface area contributed by atoms with Crippen molar-refractivity contribution in [3.8, 4) is 0 Å². The Hall–Kier alpha value is -0.630. The summed E-state index contributed by atoms with van der Waals surface area (Å²) < 4.78 is 0. The summed E-state index contributed by atoms with van der Waals surface area (Å²) in [5, 5.41) is 0. The summed E-state index contributed by atoms with van der Waals surface area (Å²) in [4.78, 5) is 3.90. The zero-order chi connectivity index (χ0) is 9.10. The van der Waals surface area contributed by atoms with E-state index in [4.69, 9.17) is 0 Å². The predicted octanol–water partition coefficient (Wildman–Crippen LogP) is 3.01. The molecule has 0 amide bonds. The number of anilines is 1. The van der Waals surface area contributed by atoms with Gasteiger partial charge in [-0.3, -0.25) is 0 Å². The van der Waals surface area contributed by atoms with Crippen LogP contribution in [0.5, 0.6) is 0 Å². The highest BCUT2D eigenvalue weighted by atomic mass is 32.2. The van der Waals surface area contributed by atoms with Crippen molar-refractivity contribution in [2.45, 2.75) is 17.7 Å². The fraction of sp³-hybridized carbons (Fsp3) is 0.455. The Morgan fingerprint density at radius 2 is 1.85 bits per heavy atom. The first kappa shape index (κ1) is 8.95. The lowest BCUT2D eigenvalue weighted by atomic mass is 10.3. The van der Waals surface area contributed by atoms with Crippen molar-refractivity contribution in [1.82, 2.24) is 0 Å². The molecule has 0 bridgehead atoms. The highest BCUT2D eigenvalue weighted by molar-refractivity contribution is 7.98. The van der Waals surface area contributed by atoms with Crippen LogP contribution in [0.1, 0.15) is 12.8 Å². The Bertz CT molecular complexity index is 279. The molecule has 1 heterocycles. The molecule has 0 unspecified atom stereocenters. The van der Waals surface area contributed by atoms with Crippen LogP contribution >= 0.6 is 11.8 Å². The zero-order valence-corrected chi connectivity index (χ0v) is 8.81. The molecule has 1 fully saturated rings. The minimum absolute atomic E-state index is 1.23. The van der Waals surface area contributed by atoms with Crippen molar-refractivity contribution in [2.75, 3.05) is 24.2 Å². The van der Waals surface area contributed by atoms with Crippen LogP contribution in [0.25, 0.3) is 0 Å². The second-order valence-corrected chi connectivity index (χ2v) is 4.21. The Kier molecular flexibility index (Phi) is 2.79. The third-order valence-corrected chi connectivity index (χ3v) is 3.32. The third-order valence-electron chi connectivity index (χ3n) is 2.53. The molecule has 13 heavy (non-hydrogen) atoms. The lowest BCUT2D eigenvalue weighted by Gasteiger charge is -2.20. The van der Waals surface area contributed by atoms with Gasteiger partial charge in [-0.2, -0.15) is 0 Å². The smallest absolute Gasteiger partial charge is 0.0504 e. The normalized spacial score (nSPS) is 16.5. The fourth-order valence-electron chi connectivity index (χ4n) is 1.85. The maximum atomic E-state index is 2.49. The van der Waals surface area contributed by atoms with E-state index in [9.17, 15) is 0 Å². The van der Waals surface area contributed by atoms with E-state index in [0.717, 1.165) is 0 Å². The van der Waals surface area contributed by atoms with Crippen molar-refractivity contribution in [2.24, 2.45) is 0 Å². The Labute approximate surface area is 84.1 Å². The van der Waals surface area contributed by atoms with Gasteiger partial charge in [0.25, 0.3) is 0 Å². The van der Waals surface area contributed by atoms with E-state index in [-0.39, 0.29) is 0 Å². The molecule has 2 rings (SSSR count). The van der Waals surface area contributed by atoms with Gasteiger partial charge < -0.3 is 4.90 Å². The highest BCUT2D eigenvalue weighted by Crippen LogP contribution is 2.30. The van der Waals surface area contributed by atoms with Gasteiger partial charge in [-0.15, -0.1) is 11.8 Å². The van der Waals surface area contributed by atoms with Crippen molar-refractivity contribution < 1.29 is 0 Å². The number of nitrogens with zero attached hydrogens (tertiary/aromatic N) is 1. The van der Waals surface area contributed by atoms with Gasteiger partial charge in [0.05, 0.1) is 5.69 Å². The van der Waals surface area contributed by atoms with Crippen molar-refractivity contribution in [3.63, 3.8) is 0 Å². The number of hydrogen-bond donors (Lipinski definition) is 0. The number of thioether (sulfide) groups is 1. The van der Waals surface area contributed by atoms with Gasteiger partial charge in [0.2, 0.25) is 0 Å². The molecular weight excluding hydrogens is 178 g/mol. The molecule has 1 aromatic carbocycles. The molecule has 0 saturated carbocycles.